The summed E-state index contributed by atoms with van der Waals surface area (Å²) in [5.74, 6) is 1.23. The lowest BCUT2D eigenvalue weighted by atomic mass is 10.1. The van der Waals surface area contributed by atoms with Crippen LogP contribution in [-0.2, 0) is 13.5 Å². The average molecular weight is 312 g/mol. The van der Waals surface area contributed by atoms with Crippen molar-refractivity contribution < 1.29 is 5.11 Å². The third-order valence-corrected chi connectivity index (χ3v) is 3.54. The minimum atomic E-state index is 0.0442. The van der Waals surface area contributed by atoms with Crippen LogP contribution in [0.3, 0.4) is 0 Å². The lowest BCUT2D eigenvalue weighted by Gasteiger charge is -2.09. The van der Waals surface area contributed by atoms with Crippen molar-refractivity contribution >= 4 is 22.8 Å². The third-order valence-electron chi connectivity index (χ3n) is 3.54. The van der Waals surface area contributed by atoms with Gasteiger partial charge in [-0.2, -0.15) is 15.1 Å². The molecule has 3 N–H and O–H groups in total. The van der Waals surface area contributed by atoms with E-state index in [1.165, 1.54) is 5.56 Å². The van der Waals surface area contributed by atoms with Crippen LogP contribution < -0.4 is 10.6 Å². The molecule has 0 unspecified atom stereocenters. The Kier molecular flexibility index (Phi) is 4.68. The number of aliphatic hydroxyl groups is 1. The summed E-state index contributed by atoms with van der Waals surface area (Å²) in [5, 5.41) is 20.4. The highest BCUT2D eigenvalue weighted by Gasteiger charge is 2.11. The largest absolute Gasteiger partial charge is 0.395 e. The van der Waals surface area contributed by atoms with Crippen molar-refractivity contribution in [2.24, 2.45) is 7.05 Å². The topological polar surface area (TPSA) is 87.9 Å². The first-order valence-electron chi connectivity index (χ1n) is 7.60. The highest BCUT2D eigenvalue weighted by Crippen LogP contribution is 2.21. The second kappa shape index (κ2) is 7.06. The van der Waals surface area contributed by atoms with Gasteiger partial charge in [0, 0.05) is 20.1 Å². The second-order valence-electron chi connectivity index (χ2n) is 5.21. The van der Waals surface area contributed by atoms with Gasteiger partial charge in [0.15, 0.2) is 5.65 Å². The van der Waals surface area contributed by atoms with Crippen molar-refractivity contribution in [1.82, 2.24) is 19.7 Å². The highest BCUT2D eigenvalue weighted by molar-refractivity contribution is 5.87. The van der Waals surface area contributed by atoms with E-state index < -0.39 is 0 Å². The summed E-state index contributed by atoms with van der Waals surface area (Å²) < 4.78 is 1.71. The maximum absolute atomic E-state index is 9.00. The van der Waals surface area contributed by atoms with Gasteiger partial charge in [-0.1, -0.05) is 30.3 Å². The van der Waals surface area contributed by atoms with Gasteiger partial charge in [0.25, 0.3) is 0 Å². The quantitative estimate of drug-likeness (QED) is 0.611. The zero-order valence-electron chi connectivity index (χ0n) is 13.0. The number of nitrogens with one attached hydrogen (secondary N) is 2. The molecule has 0 atom stereocenters. The van der Waals surface area contributed by atoms with Gasteiger partial charge >= 0.3 is 0 Å². The molecular formula is C16H20N6O. The van der Waals surface area contributed by atoms with Crippen LogP contribution in [0.25, 0.3) is 11.0 Å². The van der Waals surface area contributed by atoms with Gasteiger partial charge in [-0.15, -0.1) is 0 Å². The van der Waals surface area contributed by atoms with Gasteiger partial charge < -0.3 is 15.7 Å². The highest BCUT2D eigenvalue weighted by atomic mass is 16.3. The molecule has 0 aliphatic heterocycles. The number of hydrogen-bond donors (Lipinski definition) is 3. The normalized spacial score (nSPS) is 10.9. The van der Waals surface area contributed by atoms with E-state index in [0.717, 1.165) is 24.0 Å². The van der Waals surface area contributed by atoms with Crippen LogP contribution >= 0.6 is 0 Å². The summed E-state index contributed by atoms with van der Waals surface area (Å²) in [7, 11) is 1.85. The molecule has 0 saturated carbocycles. The van der Waals surface area contributed by atoms with E-state index in [1.807, 2.05) is 25.2 Å². The summed E-state index contributed by atoms with van der Waals surface area (Å²) in [6, 6.07) is 10.3. The Morgan fingerprint density at radius 2 is 1.91 bits per heavy atom. The van der Waals surface area contributed by atoms with Gasteiger partial charge in [0.1, 0.15) is 5.82 Å². The van der Waals surface area contributed by atoms with Gasteiger partial charge in [0.2, 0.25) is 5.95 Å². The number of hydrogen-bond acceptors (Lipinski definition) is 6. The average Bonchev–Trinajstić information content (AvgIpc) is 2.95. The molecule has 2 heterocycles. The Bertz CT molecular complexity index is 771. The Labute approximate surface area is 134 Å². The molecule has 2 aromatic heterocycles. The van der Waals surface area contributed by atoms with E-state index in [1.54, 1.807) is 10.9 Å². The first-order valence-corrected chi connectivity index (χ1v) is 7.60. The molecule has 3 aromatic rings. The maximum atomic E-state index is 9.00. The standard InChI is InChI=1S/C16H20N6O/c1-22-15-13(11-19-22)14(17-9-10-23)20-16(21-15)18-8-7-12-5-3-2-4-6-12/h2-6,11,23H,7-10H2,1H3,(H2,17,18,20,21). The van der Waals surface area contributed by atoms with E-state index in [2.05, 4.69) is 37.8 Å². The van der Waals surface area contributed by atoms with Crippen LogP contribution in [0, 0.1) is 0 Å². The summed E-state index contributed by atoms with van der Waals surface area (Å²) in [6.45, 7) is 1.22. The number of aryl methyl sites for hydroxylation is 1. The molecule has 0 fully saturated rings. The van der Waals surface area contributed by atoms with Crippen molar-refractivity contribution in [3.8, 4) is 0 Å². The molecule has 0 spiro atoms. The summed E-state index contributed by atoms with van der Waals surface area (Å²) in [4.78, 5) is 9.00. The number of benzene rings is 1. The Morgan fingerprint density at radius 1 is 1.09 bits per heavy atom. The van der Waals surface area contributed by atoms with E-state index in [9.17, 15) is 0 Å². The van der Waals surface area contributed by atoms with Crippen LogP contribution in [-0.4, -0.2) is 44.6 Å². The molecule has 3 rings (SSSR count). The molecule has 1 aromatic carbocycles. The van der Waals surface area contributed by atoms with Gasteiger partial charge in [-0.25, -0.2) is 0 Å². The summed E-state index contributed by atoms with van der Waals surface area (Å²) in [5.41, 5.74) is 2.02. The number of aromatic nitrogens is 4. The first-order chi connectivity index (χ1) is 11.3. The zero-order chi connectivity index (χ0) is 16.1. The third kappa shape index (κ3) is 3.57. The lowest BCUT2D eigenvalue weighted by molar-refractivity contribution is 0.311. The molecule has 0 aliphatic carbocycles. The SMILES string of the molecule is Cn1ncc2c(NCCO)nc(NCCc3ccccc3)nc21. The van der Waals surface area contributed by atoms with Crippen LogP contribution in [0.2, 0.25) is 0 Å². The molecule has 0 saturated heterocycles. The second-order valence-corrected chi connectivity index (χ2v) is 5.21. The molecule has 0 aliphatic rings. The molecule has 23 heavy (non-hydrogen) atoms. The zero-order valence-corrected chi connectivity index (χ0v) is 13.0. The lowest BCUT2D eigenvalue weighted by Crippen LogP contribution is -2.12. The number of anilines is 2. The minimum absolute atomic E-state index is 0.0442. The fraction of sp³-hybridized carbons (Fsp3) is 0.312. The summed E-state index contributed by atoms with van der Waals surface area (Å²) >= 11 is 0. The van der Waals surface area contributed by atoms with Gasteiger partial charge in [-0.3, -0.25) is 4.68 Å². The van der Waals surface area contributed by atoms with Crippen molar-refractivity contribution in [2.45, 2.75) is 6.42 Å². The van der Waals surface area contributed by atoms with E-state index in [4.69, 9.17) is 5.11 Å². The molecule has 0 bridgehead atoms. The molecule has 0 amide bonds. The molecule has 120 valence electrons. The number of aliphatic hydroxyl groups excluding tert-OH is 1. The fourth-order valence-corrected chi connectivity index (χ4v) is 2.37. The van der Waals surface area contributed by atoms with Crippen molar-refractivity contribution in [2.75, 3.05) is 30.3 Å². The monoisotopic (exact) mass is 312 g/mol. The molecular weight excluding hydrogens is 292 g/mol. The van der Waals surface area contributed by atoms with E-state index in [0.29, 0.717) is 18.3 Å². The Balaban J connectivity index is 1.75. The minimum Gasteiger partial charge on any atom is -0.395 e. The predicted molar refractivity (Wildman–Crippen MR) is 90.5 cm³/mol. The van der Waals surface area contributed by atoms with Crippen LogP contribution in [0.1, 0.15) is 5.56 Å². The molecule has 0 radical (unpaired) electrons. The van der Waals surface area contributed by atoms with Crippen LogP contribution in [0.15, 0.2) is 36.5 Å². The molecule has 7 nitrogen and oxygen atoms in total. The predicted octanol–water partition coefficient (Wildman–Crippen LogP) is 1.42. The van der Waals surface area contributed by atoms with E-state index >= 15 is 0 Å². The maximum Gasteiger partial charge on any atom is 0.226 e. The first kappa shape index (κ1) is 15.2. The van der Waals surface area contributed by atoms with E-state index in [-0.39, 0.29) is 6.61 Å². The van der Waals surface area contributed by atoms with Crippen LogP contribution in [0.5, 0.6) is 0 Å². The van der Waals surface area contributed by atoms with Crippen molar-refractivity contribution in [3.05, 3.63) is 42.1 Å². The Hall–Kier alpha value is -2.67. The van der Waals surface area contributed by atoms with Crippen LogP contribution in [0.4, 0.5) is 11.8 Å². The van der Waals surface area contributed by atoms with Gasteiger partial charge in [-0.05, 0) is 12.0 Å². The molecule has 7 heteroatoms. The van der Waals surface area contributed by atoms with Crippen molar-refractivity contribution in [3.63, 3.8) is 0 Å². The summed E-state index contributed by atoms with van der Waals surface area (Å²) in [6.07, 6.45) is 2.62. The fourth-order valence-electron chi connectivity index (χ4n) is 2.37. The van der Waals surface area contributed by atoms with Crippen molar-refractivity contribution in [1.29, 1.82) is 0 Å². The van der Waals surface area contributed by atoms with Gasteiger partial charge in [0.05, 0.1) is 18.2 Å². The number of fused-ring (bicyclic) bond motifs is 1. The Morgan fingerprint density at radius 3 is 2.70 bits per heavy atom. The number of rotatable bonds is 7. The number of nitrogens with zero attached hydrogens (tertiary/aromatic N) is 4. The smallest absolute Gasteiger partial charge is 0.226 e.